The molecule has 0 spiro atoms. The molecule has 0 N–H and O–H groups in total. The molecule has 4 rings (SSSR count). The fourth-order valence-corrected chi connectivity index (χ4v) is 6.11. The summed E-state index contributed by atoms with van der Waals surface area (Å²) < 4.78 is 11.6. The van der Waals surface area contributed by atoms with Crippen LogP contribution in [0.2, 0.25) is 0 Å². The van der Waals surface area contributed by atoms with E-state index < -0.39 is 0 Å². The van der Waals surface area contributed by atoms with Crippen molar-refractivity contribution >= 4 is 0 Å². The maximum absolute atomic E-state index is 6.14. The van der Waals surface area contributed by atoms with Crippen LogP contribution in [0.1, 0.15) is 63.0 Å². The summed E-state index contributed by atoms with van der Waals surface area (Å²) >= 11 is 0. The maximum Gasteiger partial charge on any atom is 0.119 e. The zero-order valence-corrected chi connectivity index (χ0v) is 14.8. The Morgan fingerprint density at radius 2 is 2.04 bits per heavy atom. The highest BCUT2D eigenvalue weighted by atomic mass is 16.5. The zero-order chi connectivity index (χ0) is 16.0. The third kappa shape index (κ3) is 2.33. The van der Waals surface area contributed by atoms with E-state index in [1.807, 2.05) is 0 Å². The standard InChI is InChI=1S/C21H30O2/c1-4-23-20-10-9-19-18-7-5-14-13-15(22-3)6-8-16(14)17(18)11-12-21(19,20)2/h6,8,13,17-20H,4-5,7,9-12H2,1-3H3. The van der Waals surface area contributed by atoms with Crippen LogP contribution in [0.5, 0.6) is 5.75 Å². The molecule has 0 radical (unpaired) electrons. The first kappa shape index (κ1) is 15.5. The summed E-state index contributed by atoms with van der Waals surface area (Å²) in [5.74, 6) is 3.50. The van der Waals surface area contributed by atoms with Gasteiger partial charge in [-0.25, -0.2) is 0 Å². The average molecular weight is 314 g/mol. The smallest absolute Gasteiger partial charge is 0.119 e. The van der Waals surface area contributed by atoms with Crippen LogP contribution in [0.15, 0.2) is 18.2 Å². The van der Waals surface area contributed by atoms with Crippen LogP contribution in [0.4, 0.5) is 0 Å². The Kier molecular flexibility index (Phi) is 3.91. The molecule has 2 nitrogen and oxygen atoms in total. The van der Waals surface area contributed by atoms with Crippen molar-refractivity contribution in [1.29, 1.82) is 0 Å². The van der Waals surface area contributed by atoms with Crippen molar-refractivity contribution in [2.24, 2.45) is 17.3 Å². The van der Waals surface area contributed by atoms with E-state index in [0.717, 1.165) is 30.1 Å². The fourth-order valence-electron chi connectivity index (χ4n) is 6.11. The number of hydrogen-bond acceptors (Lipinski definition) is 2. The lowest BCUT2D eigenvalue weighted by Crippen LogP contribution is -2.44. The molecule has 0 bridgehead atoms. The minimum absolute atomic E-state index is 0.418. The van der Waals surface area contributed by atoms with E-state index in [1.165, 1.54) is 44.1 Å². The van der Waals surface area contributed by atoms with Crippen molar-refractivity contribution in [3.8, 4) is 5.75 Å². The molecule has 23 heavy (non-hydrogen) atoms. The van der Waals surface area contributed by atoms with Gasteiger partial charge in [-0.15, -0.1) is 0 Å². The van der Waals surface area contributed by atoms with Gasteiger partial charge in [-0.1, -0.05) is 13.0 Å². The third-order valence-electron chi connectivity index (χ3n) is 7.21. The second-order valence-electron chi connectivity index (χ2n) is 8.05. The van der Waals surface area contributed by atoms with Crippen molar-refractivity contribution in [2.75, 3.05) is 13.7 Å². The van der Waals surface area contributed by atoms with Crippen LogP contribution in [-0.2, 0) is 11.2 Å². The molecule has 0 amide bonds. The molecule has 2 fully saturated rings. The van der Waals surface area contributed by atoms with Crippen LogP contribution >= 0.6 is 0 Å². The maximum atomic E-state index is 6.14. The largest absolute Gasteiger partial charge is 0.497 e. The lowest BCUT2D eigenvalue weighted by atomic mass is 9.55. The monoisotopic (exact) mass is 314 g/mol. The highest BCUT2D eigenvalue weighted by Gasteiger charge is 2.55. The van der Waals surface area contributed by atoms with Crippen molar-refractivity contribution in [2.45, 2.75) is 64.4 Å². The van der Waals surface area contributed by atoms with Crippen molar-refractivity contribution in [1.82, 2.24) is 0 Å². The van der Waals surface area contributed by atoms with Gasteiger partial charge in [-0.05, 0) is 91.9 Å². The first-order valence-corrected chi connectivity index (χ1v) is 9.45. The van der Waals surface area contributed by atoms with Crippen LogP contribution in [0, 0.1) is 17.3 Å². The molecule has 5 unspecified atom stereocenters. The zero-order valence-electron chi connectivity index (χ0n) is 14.8. The molecule has 5 atom stereocenters. The molecular formula is C21H30O2. The van der Waals surface area contributed by atoms with Gasteiger partial charge < -0.3 is 9.47 Å². The van der Waals surface area contributed by atoms with E-state index in [9.17, 15) is 0 Å². The Hall–Kier alpha value is -1.02. The SMILES string of the molecule is CCOC1CCC2C3CCc4cc(OC)ccc4C3CCC12C. The second kappa shape index (κ2) is 5.81. The topological polar surface area (TPSA) is 18.5 Å². The number of hydrogen-bond donors (Lipinski definition) is 0. The quantitative estimate of drug-likeness (QED) is 0.785. The number of rotatable bonds is 3. The summed E-state index contributed by atoms with van der Waals surface area (Å²) in [5, 5.41) is 0. The second-order valence-corrected chi connectivity index (χ2v) is 8.05. The molecule has 0 saturated heterocycles. The normalized spacial score (nSPS) is 38.6. The molecule has 1 aromatic carbocycles. The highest BCUT2D eigenvalue weighted by Crippen LogP contribution is 2.61. The average Bonchev–Trinajstić information content (AvgIpc) is 2.91. The minimum atomic E-state index is 0.418. The summed E-state index contributed by atoms with van der Waals surface area (Å²) in [5.41, 5.74) is 3.57. The lowest BCUT2D eigenvalue weighted by molar-refractivity contribution is -0.0600. The van der Waals surface area contributed by atoms with Crippen LogP contribution < -0.4 is 4.74 Å². The molecule has 0 heterocycles. The van der Waals surface area contributed by atoms with Gasteiger partial charge in [0.15, 0.2) is 0 Å². The molecule has 126 valence electrons. The third-order valence-corrected chi connectivity index (χ3v) is 7.21. The van der Waals surface area contributed by atoms with Crippen LogP contribution in [-0.4, -0.2) is 19.8 Å². The number of aryl methyl sites for hydroxylation is 1. The van der Waals surface area contributed by atoms with E-state index in [-0.39, 0.29) is 0 Å². The van der Waals surface area contributed by atoms with Gasteiger partial charge in [0.1, 0.15) is 5.75 Å². The number of benzene rings is 1. The van der Waals surface area contributed by atoms with Crippen molar-refractivity contribution < 1.29 is 9.47 Å². The van der Waals surface area contributed by atoms with E-state index >= 15 is 0 Å². The molecule has 3 aliphatic carbocycles. The van der Waals surface area contributed by atoms with E-state index in [4.69, 9.17) is 9.47 Å². The summed E-state index contributed by atoms with van der Waals surface area (Å²) in [6.07, 6.45) is 8.37. The summed E-state index contributed by atoms with van der Waals surface area (Å²) in [7, 11) is 1.77. The van der Waals surface area contributed by atoms with Gasteiger partial charge in [0.25, 0.3) is 0 Å². The first-order valence-electron chi connectivity index (χ1n) is 9.45. The van der Waals surface area contributed by atoms with Gasteiger partial charge in [-0.2, -0.15) is 0 Å². The minimum Gasteiger partial charge on any atom is -0.497 e. The van der Waals surface area contributed by atoms with Gasteiger partial charge in [0.2, 0.25) is 0 Å². The number of ether oxygens (including phenoxy) is 2. The molecular weight excluding hydrogens is 284 g/mol. The molecule has 1 aromatic rings. The molecule has 2 heteroatoms. The molecule has 0 aromatic heterocycles. The Morgan fingerprint density at radius 1 is 1.17 bits per heavy atom. The van der Waals surface area contributed by atoms with Gasteiger partial charge in [0, 0.05) is 6.61 Å². The van der Waals surface area contributed by atoms with Gasteiger partial charge in [0.05, 0.1) is 13.2 Å². The van der Waals surface area contributed by atoms with Crippen LogP contribution in [0.3, 0.4) is 0 Å². The van der Waals surface area contributed by atoms with E-state index in [1.54, 1.807) is 12.7 Å². The van der Waals surface area contributed by atoms with Crippen molar-refractivity contribution in [3.63, 3.8) is 0 Å². The first-order chi connectivity index (χ1) is 11.2. The highest BCUT2D eigenvalue weighted by molar-refractivity contribution is 5.40. The predicted octanol–water partition coefficient (Wildman–Crippen LogP) is 4.96. The Bertz CT molecular complexity index is 581. The van der Waals surface area contributed by atoms with Crippen LogP contribution in [0.25, 0.3) is 0 Å². The van der Waals surface area contributed by atoms with Gasteiger partial charge >= 0.3 is 0 Å². The number of methoxy groups -OCH3 is 1. The molecule has 3 aliphatic rings. The number of fused-ring (bicyclic) bond motifs is 5. The summed E-state index contributed by atoms with van der Waals surface area (Å²) in [6, 6.07) is 6.78. The Labute approximate surface area is 140 Å². The Balaban J connectivity index is 1.62. The Morgan fingerprint density at radius 3 is 2.83 bits per heavy atom. The van der Waals surface area contributed by atoms with E-state index in [0.29, 0.717) is 11.5 Å². The predicted molar refractivity (Wildman–Crippen MR) is 93.0 cm³/mol. The van der Waals surface area contributed by atoms with Gasteiger partial charge in [-0.3, -0.25) is 0 Å². The fraction of sp³-hybridized carbons (Fsp3) is 0.714. The summed E-state index contributed by atoms with van der Waals surface area (Å²) in [4.78, 5) is 0. The summed E-state index contributed by atoms with van der Waals surface area (Å²) in [6.45, 7) is 5.53. The van der Waals surface area contributed by atoms with E-state index in [2.05, 4.69) is 32.0 Å². The lowest BCUT2D eigenvalue weighted by Gasteiger charge is -2.50. The molecule has 2 saturated carbocycles. The molecule has 0 aliphatic heterocycles. The van der Waals surface area contributed by atoms with Crippen molar-refractivity contribution in [3.05, 3.63) is 29.3 Å².